The molecule has 2 heterocycles. The maximum atomic E-state index is 11.2. The molecule has 1 fully saturated rings. The van der Waals surface area contributed by atoms with Crippen LogP contribution in [-0.2, 0) is 4.79 Å². The molecule has 1 N–H and O–H groups in total. The van der Waals surface area contributed by atoms with Gasteiger partial charge in [0.25, 0.3) is 0 Å². The second-order valence-corrected chi connectivity index (χ2v) is 4.42. The van der Waals surface area contributed by atoms with E-state index in [9.17, 15) is 4.79 Å². The number of carbonyl (C=O) groups is 1. The molecule has 5 heteroatoms. The van der Waals surface area contributed by atoms with E-state index < -0.39 is 0 Å². The third kappa shape index (κ3) is 1.67. The molecule has 0 atom stereocenters. The first-order valence-electron chi connectivity index (χ1n) is 5.86. The van der Waals surface area contributed by atoms with E-state index in [0.29, 0.717) is 12.0 Å². The first-order chi connectivity index (χ1) is 8.25. The Balaban J connectivity index is 2.14. The lowest BCUT2D eigenvalue weighted by molar-refractivity contribution is -0.114. The topological polar surface area (TPSA) is 59.8 Å². The molecule has 5 nitrogen and oxygen atoms in total. The van der Waals surface area contributed by atoms with Crippen LogP contribution in [0.25, 0.3) is 11.2 Å². The van der Waals surface area contributed by atoms with Gasteiger partial charge in [-0.2, -0.15) is 0 Å². The number of nitrogens with zero attached hydrogens (tertiary/aromatic N) is 3. The summed E-state index contributed by atoms with van der Waals surface area (Å²) in [6.07, 6.45) is 5.26. The van der Waals surface area contributed by atoms with Gasteiger partial charge in [0.05, 0.1) is 0 Å². The molecule has 1 aliphatic rings. The number of aromatic nitrogens is 3. The molecule has 0 aliphatic heterocycles. The van der Waals surface area contributed by atoms with Gasteiger partial charge in [-0.15, -0.1) is 0 Å². The minimum atomic E-state index is -0.0964. The maximum Gasteiger partial charge on any atom is 0.223 e. The van der Waals surface area contributed by atoms with Crippen molar-refractivity contribution in [1.29, 1.82) is 0 Å². The van der Waals surface area contributed by atoms with Crippen molar-refractivity contribution in [2.75, 3.05) is 5.32 Å². The molecular formula is C12H14N4O. The lowest BCUT2D eigenvalue weighted by Gasteiger charge is -2.28. The van der Waals surface area contributed by atoms with Gasteiger partial charge in [0.1, 0.15) is 5.52 Å². The smallest absolute Gasteiger partial charge is 0.223 e. The first kappa shape index (κ1) is 10.3. The minimum absolute atomic E-state index is 0.0964. The number of anilines is 1. The Labute approximate surface area is 98.9 Å². The van der Waals surface area contributed by atoms with E-state index in [-0.39, 0.29) is 5.91 Å². The van der Waals surface area contributed by atoms with Crippen molar-refractivity contribution in [3.8, 4) is 0 Å². The molecule has 0 unspecified atom stereocenters. The summed E-state index contributed by atoms with van der Waals surface area (Å²) in [6.45, 7) is 1.50. The molecular weight excluding hydrogens is 216 g/mol. The van der Waals surface area contributed by atoms with Gasteiger partial charge in [0, 0.05) is 19.2 Å². The van der Waals surface area contributed by atoms with Gasteiger partial charge in [-0.1, -0.05) is 0 Å². The highest BCUT2D eigenvalue weighted by Crippen LogP contribution is 2.36. The van der Waals surface area contributed by atoms with E-state index >= 15 is 0 Å². The number of nitrogens with one attached hydrogen (secondary N) is 1. The molecule has 2 aromatic rings. The SMILES string of the molecule is CC(=O)Nc1nc2cccnc2n1C1CCC1. The normalized spacial score (nSPS) is 15.8. The van der Waals surface area contributed by atoms with Crippen LogP contribution in [0.15, 0.2) is 18.3 Å². The van der Waals surface area contributed by atoms with Gasteiger partial charge in [-0.05, 0) is 31.4 Å². The fourth-order valence-corrected chi connectivity index (χ4v) is 2.17. The standard InChI is InChI=1S/C12H14N4O/c1-8(17)14-12-15-10-6-3-7-13-11(10)16(12)9-4-2-5-9/h3,6-7,9H,2,4-5H2,1H3,(H,14,15,17). The highest BCUT2D eigenvalue weighted by Gasteiger charge is 2.25. The van der Waals surface area contributed by atoms with Crippen molar-refractivity contribution in [3.05, 3.63) is 18.3 Å². The number of imidazole rings is 1. The Hall–Kier alpha value is -1.91. The fourth-order valence-electron chi connectivity index (χ4n) is 2.17. The zero-order chi connectivity index (χ0) is 11.8. The Morgan fingerprint density at radius 3 is 3.00 bits per heavy atom. The third-order valence-corrected chi connectivity index (χ3v) is 3.18. The monoisotopic (exact) mass is 230 g/mol. The molecule has 3 rings (SSSR count). The molecule has 0 saturated heterocycles. The van der Waals surface area contributed by atoms with Gasteiger partial charge in [0.2, 0.25) is 11.9 Å². The molecule has 17 heavy (non-hydrogen) atoms. The molecule has 0 radical (unpaired) electrons. The second-order valence-electron chi connectivity index (χ2n) is 4.42. The van der Waals surface area contributed by atoms with E-state index in [1.807, 2.05) is 12.1 Å². The summed E-state index contributed by atoms with van der Waals surface area (Å²) in [4.78, 5) is 20.0. The quantitative estimate of drug-likeness (QED) is 0.859. The zero-order valence-electron chi connectivity index (χ0n) is 9.68. The van der Waals surface area contributed by atoms with Crippen LogP contribution in [0.3, 0.4) is 0 Å². The lowest BCUT2D eigenvalue weighted by atomic mass is 9.93. The van der Waals surface area contributed by atoms with Crippen LogP contribution in [-0.4, -0.2) is 20.4 Å². The molecule has 0 aromatic carbocycles. The molecule has 0 bridgehead atoms. The highest BCUT2D eigenvalue weighted by molar-refractivity contribution is 5.89. The second kappa shape index (κ2) is 3.84. The van der Waals surface area contributed by atoms with Crippen LogP contribution >= 0.6 is 0 Å². The van der Waals surface area contributed by atoms with E-state index in [1.54, 1.807) is 6.20 Å². The van der Waals surface area contributed by atoms with Crippen LogP contribution in [0.2, 0.25) is 0 Å². The summed E-state index contributed by atoms with van der Waals surface area (Å²) < 4.78 is 2.06. The zero-order valence-corrected chi connectivity index (χ0v) is 9.68. The van der Waals surface area contributed by atoms with Crippen molar-refractivity contribution < 1.29 is 4.79 Å². The van der Waals surface area contributed by atoms with Gasteiger partial charge in [0.15, 0.2) is 5.65 Å². The number of amides is 1. The minimum Gasteiger partial charge on any atom is -0.296 e. The Morgan fingerprint density at radius 2 is 2.35 bits per heavy atom. The van der Waals surface area contributed by atoms with Crippen LogP contribution < -0.4 is 5.32 Å². The first-order valence-corrected chi connectivity index (χ1v) is 5.86. The van der Waals surface area contributed by atoms with Crippen molar-refractivity contribution >= 4 is 23.0 Å². The number of carbonyl (C=O) groups excluding carboxylic acids is 1. The van der Waals surface area contributed by atoms with Gasteiger partial charge < -0.3 is 0 Å². The van der Waals surface area contributed by atoms with Crippen molar-refractivity contribution in [1.82, 2.24) is 14.5 Å². The average Bonchev–Trinajstić information content (AvgIpc) is 2.54. The molecule has 2 aromatic heterocycles. The molecule has 1 amide bonds. The highest BCUT2D eigenvalue weighted by atomic mass is 16.1. The van der Waals surface area contributed by atoms with Gasteiger partial charge in [-0.3, -0.25) is 14.7 Å². The number of hydrogen-bond acceptors (Lipinski definition) is 3. The predicted molar refractivity (Wildman–Crippen MR) is 64.7 cm³/mol. The molecule has 88 valence electrons. The number of rotatable bonds is 2. The van der Waals surface area contributed by atoms with Crippen molar-refractivity contribution in [3.63, 3.8) is 0 Å². The summed E-state index contributed by atoms with van der Waals surface area (Å²) in [5.74, 6) is 0.525. The Bertz CT molecular complexity index is 571. The summed E-state index contributed by atoms with van der Waals surface area (Å²) in [7, 11) is 0. The van der Waals surface area contributed by atoms with Crippen molar-refractivity contribution in [2.45, 2.75) is 32.2 Å². The molecule has 0 spiro atoms. The van der Waals surface area contributed by atoms with E-state index in [2.05, 4.69) is 19.9 Å². The number of hydrogen-bond donors (Lipinski definition) is 1. The van der Waals surface area contributed by atoms with E-state index in [0.717, 1.165) is 24.0 Å². The largest absolute Gasteiger partial charge is 0.296 e. The van der Waals surface area contributed by atoms with Crippen LogP contribution in [0.1, 0.15) is 32.2 Å². The van der Waals surface area contributed by atoms with Crippen LogP contribution in [0.4, 0.5) is 5.95 Å². The van der Waals surface area contributed by atoms with Crippen LogP contribution in [0.5, 0.6) is 0 Å². The fraction of sp³-hybridized carbons (Fsp3) is 0.417. The van der Waals surface area contributed by atoms with E-state index in [1.165, 1.54) is 13.3 Å². The summed E-state index contributed by atoms with van der Waals surface area (Å²) in [6, 6.07) is 4.21. The molecule has 1 saturated carbocycles. The third-order valence-electron chi connectivity index (χ3n) is 3.18. The summed E-state index contributed by atoms with van der Waals surface area (Å²) in [5.41, 5.74) is 1.70. The Morgan fingerprint density at radius 1 is 1.53 bits per heavy atom. The average molecular weight is 230 g/mol. The lowest BCUT2D eigenvalue weighted by Crippen LogP contribution is -2.21. The predicted octanol–water partition coefficient (Wildman–Crippen LogP) is 2.11. The summed E-state index contributed by atoms with van der Waals surface area (Å²) in [5, 5.41) is 2.78. The van der Waals surface area contributed by atoms with E-state index in [4.69, 9.17) is 0 Å². The maximum absolute atomic E-state index is 11.2. The van der Waals surface area contributed by atoms with Gasteiger partial charge >= 0.3 is 0 Å². The Kier molecular flexibility index (Phi) is 2.31. The number of pyridine rings is 1. The molecule has 1 aliphatic carbocycles. The van der Waals surface area contributed by atoms with Crippen molar-refractivity contribution in [2.24, 2.45) is 0 Å². The van der Waals surface area contributed by atoms with Gasteiger partial charge in [-0.25, -0.2) is 9.97 Å². The summed E-state index contributed by atoms with van der Waals surface area (Å²) >= 11 is 0. The van der Waals surface area contributed by atoms with Crippen LogP contribution in [0, 0.1) is 0 Å². The number of fused-ring (bicyclic) bond motifs is 1.